The molecule has 1 heterocycles. The second kappa shape index (κ2) is 3.86. The van der Waals surface area contributed by atoms with E-state index in [0.717, 1.165) is 11.8 Å². The molecule has 2 heteroatoms. The molecule has 2 bridgehead atoms. The van der Waals surface area contributed by atoms with Crippen molar-refractivity contribution in [2.24, 2.45) is 23.5 Å². The van der Waals surface area contributed by atoms with Gasteiger partial charge in [-0.05, 0) is 48.6 Å². The van der Waals surface area contributed by atoms with Gasteiger partial charge in [-0.25, -0.2) is 0 Å². The first-order valence-electron chi connectivity index (χ1n) is 7.14. The van der Waals surface area contributed by atoms with Crippen LogP contribution in [0.25, 0.3) is 10.9 Å². The summed E-state index contributed by atoms with van der Waals surface area (Å²) >= 11 is 0. The van der Waals surface area contributed by atoms with Gasteiger partial charge in [0, 0.05) is 23.1 Å². The largest absolute Gasteiger partial charge is 0.361 e. The number of nitrogens with two attached hydrogens (primary N) is 1. The number of hydrogen-bond donors (Lipinski definition) is 2. The zero-order chi connectivity index (χ0) is 12.1. The molecule has 0 amide bonds. The lowest BCUT2D eigenvalue weighted by molar-refractivity contribution is 0.285. The Kier molecular flexibility index (Phi) is 2.28. The fourth-order valence-electron chi connectivity index (χ4n) is 4.33. The first-order valence-corrected chi connectivity index (χ1v) is 7.14. The summed E-state index contributed by atoms with van der Waals surface area (Å²) < 4.78 is 0. The normalized spacial score (nSPS) is 32.2. The van der Waals surface area contributed by atoms with E-state index < -0.39 is 0 Å². The molecule has 2 aliphatic rings. The van der Waals surface area contributed by atoms with Crippen molar-refractivity contribution in [1.82, 2.24) is 4.98 Å². The van der Waals surface area contributed by atoms with Crippen LogP contribution in [0.3, 0.4) is 0 Å². The first kappa shape index (κ1) is 10.6. The maximum atomic E-state index is 6.58. The summed E-state index contributed by atoms with van der Waals surface area (Å²) in [5.74, 6) is 2.57. The van der Waals surface area contributed by atoms with Crippen molar-refractivity contribution in [3.05, 3.63) is 36.0 Å². The van der Waals surface area contributed by atoms with Gasteiger partial charge in [-0.3, -0.25) is 0 Å². The highest BCUT2D eigenvalue weighted by Crippen LogP contribution is 2.52. The molecule has 4 rings (SSSR count). The molecular weight excluding hydrogens is 220 g/mol. The van der Waals surface area contributed by atoms with Crippen LogP contribution in [0.2, 0.25) is 0 Å². The predicted octanol–water partition coefficient (Wildman–Crippen LogP) is 3.60. The molecule has 0 radical (unpaired) electrons. The lowest BCUT2D eigenvalue weighted by Gasteiger charge is -2.27. The number of fused-ring (bicyclic) bond motifs is 3. The van der Waals surface area contributed by atoms with Crippen molar-refractivity contribution in [3.8, 4) is 0 Å². The molecule has 3 N–H and O–H groups in total. The van der Waals surface area contributed by atoms with Gasteiger partial charge in [0.05, 0.1) is 0 Å². The minimum absolute atomic E-state index is 0.219. The minimum atomic E-state index is 0.219. The van der Waals surface area contributed by atoms with E-state index in [1.54, 1.807) is 0 Å². The monoisotopic (exact) mass is 240 g/mol. The van der Waals surface area contributed by atoms with Crippen LogP contribution in [0.15, 0.2) is 30.5 Å². The molecule has 2 aliphatic carbocycles. The van der Waals surface area contributed by atoms with Crippen molar-refractivity contribution < 1.29 is 0 Å². The molecular formula is C16H20N2. The van der Waals surface area contributed by atoms with E-state index in [2.05, 4.69) is 35.4 Å². The van der Waals surface area contributed by atoms with Gasteiger partial charge in [-0.15, -0.1) is 0 Å². The Balaban J connectivity index is 1.70. The van der Waals surface area contributed by atoms with Crippen molar-refractivity contribution >= 4 is 10.9 Å². The van der Waals surface area contributed by atoms with Gasteiger partial charge in [-0.1, -0.05) is 24.6 Å². The zero-order valence-corrected chi connectivity index (χ0v) is 10.6. The van der Waals surface area contributed by atoms with Crippen LogP contribution in [0, 0.1) is 17.8 Å². The second-order valence-electron chi connectivity index (χ2n) is 6.15. The van der Waals surface area contributed by atoms with Crippen LogP contribution in [0.4, 0.5) is 0 Å². The van der Waals surface area contributed by atoms with Gasteiger partial charge in [0.2, 0.25) is 0 Å². The van der Waals surface area contributed by atoms with E-state index in [1.807, 2.05) is 0 Å². The summed E-state index contributed by atoms with van der Waals surface area (Å²) in [7, 11) is 0. The van der Waals surface area contributed by atoms with Gasteiger partial charge in [-0.2, -0.15) is 0 Å². The average molecular weight is 240 g/mol. The molecule has 0 spiro atoms. The van der Waals surface area contributed by atoms with Crippen molar-refractivity contribution in [3.63, 3.8) is 0 Å². The van der Waals surface area contributed by atoms with E-state index in [0.29, 0.717) is 5.92 Å². The first-order chi connectivity index (χ1) is 8.83. The molecule has 1 aromatic carbocycles. The van der Waals surface area contributed by atoms with Gasteiger partial charge < -0.3 is 10.7 Å². The van der Waals surface area contributed by atoms with Crippen LogP contribution in [-0.2, 0) is 0 Å². The Morgan fingerprint density at radius 1 is 1.17 bits per heavy atom. The van der Waals surface area contributed by atoms with E-state index >= 15 is 0 Å². The van der Waals surface area contributed by atoms with E-state index in [-0.39, 0.29) is 6.04 Å². The van der Waals surface area contributed by atoms with Crippen LogP contribution < -0.4 is 5.73 Å². The molecule has 4 atom stereocenters. The van der Waals surface area contributed by atoms with Gasteiger partial charge in [0.25, 0.3) is 0 Å². The quantitative estimate of drug-likeness (QED) is 0.827. The van der Waals surface area contributed by atoms with E-state index in [1.165, 1.54) is 42.1 Å². The van der Waals surface area contributed by atoms with Crippen molar-refractivity contribution in [2.75, 3.05) is 0 Å². The number of H-pyrrole nitrogens is 1. The number of aromatic amines is 1. The van der Waals surface area contributed by atoms with Gasteiger partial charge >= 0.3 is 0 Å². The highest BCUT2D eigenvalue weighted by molar-refractivity contribution is 5.83. The van der Waals surface area contributed by atoms with Crippen LogP contribution in [0.1, 0.15) is 37.3 Å². The summed E-state index contributed by atoms with van der Waals surface area (Å²) in [6, 6.07) is 8.72. The Morgan fingerprint density at radius 2 is 2.06 bits per heavy atom. The molecule has 94 valence electrons. The highest BCUT2D eigenvalue weighted by Gasteiger charge is 2.42. The fraction of sp³-hybridized carbons (Fsp3) is 0.500. The molecule has 2 fully saturated rings. The number of para-hydroxylation sites is 1. The van der Waals surface area contributed by atoms with Crippen LogP contribution >= 0.6 is 0 Å². The maximum Gasteiger partial charge on any atom is 0.0457 e. The lowest BCUT2D eigenvalue weighted by Crippen LogP contribution is -2.25. The van der Waals surface area contributed by atoms with Crippen molar-refractivity contribution in [2.45, 2.75) is 31.7 Å². The third-order valence-electron chi connectivity index (χ3n) is 5.23. The topological polar surface area (TPSA) is 41.8 Å². The average Bonchev–Trinajstić information content (AvgIpc) is 3.12. The summed E-state index contributed by atoms with van der Waals surface area (Å²) in [5.41, 5.74) is 9.11. The summed E-state index contributed by atoms with van der Waals surface area (Å²) in [6.07, 6.45) is 7.76. The summed E-state index contributed by atoms with van der Waals surface area (Å²) in [4.78, 5) is 3.36. The van der Waals surface area contributed by atoms with Crippen LogP contribution in [-0.4, -0.2) is 4.98 Å². The highest BCUT2D eigenvalue weighted by atomic mass is 14.7. The third-order valence-corrected chi connectivity index (χ3v) is 5.23. The number of aromatic nitrogens is 1. The van der Waals surface area contributed by atoms with Crippen molar-refractivity contribution in [1.29, 1.82) is 0 Å². The minimum Gasteiger partial charge on any atom is -0.361 e. The van der Waals surface area contributed by atoms with Crippen LogP contribution in [0.5, 0.6) is 0 Å². The summed E-state index contributed by atoms with van der Waals surface area (Å²) in [6.45, 7) is 0. The van der Waals surface area contributed by atoms with E-state index in [9.17, 15) is 0 Å². The Labute approximate surface area is 108 Å². The molecule has 0 saturated heterocycles. The SMILES string of the molecule is NC(c1c[nH]c2ccccc12)C1CC2CCC1C2. The summed E-state index contributed by atoms with van der Waals surface area (Å²) in [5, 5.41) is 1.31. The number of benzene rings is 1. The number of hydrogen-bond acceptors (Lipinski definition) is 1. The van der Waals surface area contributed by atoms with Gasteiger partial charge in [0.15, 0.2) is 0 Å². The molecule has 4 unspecified atom stereocenters. The van der Waals surface area contributed by atoms with Gasteiger partial charge in [0.1, 0.15) is 0 Å². The molecule has 2 nitrogen and oxygen atoms in total. The smallest absolute Gasteiger partial charge is 0.0457 e. The maximum absolute atomic E-state index is 6.58. The Hall–Kier alpha value is -1.28. The Bertz CT molecular complexity index is 571. The molecule has 18 heavy (non-hydrogen) atoms. The third kappa shape index (κ3) is 1.45. The predicted molar refractivity (Wildman–Crippen MR) is 74.2 cm³/mol. The standard InChI is InChI=1S/C16H20N2/c17-16(13-8-10-5-6-11(13)7-10)14-9-18-15-4-2-1-3-12(14)15/h1-4,9-11,13,16,18H,5-8,17H2. The molecule has 0 aliphatic heterocycles. The number of rotatable bonds is 2. The fourth-order valence-corrected chi connectivity index (χ4v) is 4.33. The van der Waals surface area contributed by atoms with E-state index in [4.69, 9.17) is 5.73 Å². The Morgan fingerprint density at radius 3 is 2.83 bits per heavy atom. The molecule has 1 aromatic heterocycles. The zero-order valence-electron chi connectivity index (χ0n) is 10.6. The number of nitrogens with one attached hydrogen (secondary N) is 1. The molecule has 2 aromatic rings. The second-order valence-corrected chi connectivity index (χ2v) is 6.15. The molecule has 2 saturated carbocycles. The lowest BCUT2D eigenvalue weighted by atomic mass is 9.81.